The second-order valence-corrected chi connectivity index (χ2v) is 7.61. The molecule has 2 fully saturated rings. The Kier molecular flexibility index (Phi) is 5.94. The van der Waals surface area contributed by atoms with Gasteiger partial charge in [0.15, 0.2) is 6.29 Å². The fraction of sp³-hybridized carbons (Fsp3) is 1.00. The zero-order chi connectivity index (χ0) is 19.2. The van der Waals surface area contributed by atoms with E-state index in [4.69, 9.17) is 16.3 Å². The lowest BCUT2D eigenvalue weighted by atomic mass is 9.78. The second-order valence-electron chi connectivity index (χ2n) is 7.05. The number of aliphatic hydroxyl groups excluding tert-OH is 1. The summed E-state index contributed by atoms with van der Waals surface area (Å²) in [4.78, 5) is 0. The van der Waals surface area contributed by atoms with Crippen LogP contribution >= 0.6 is 11.6 Å². The maximum Gasteiger partial charge on any atom is 0.426 e. The van der Waals surface area contributed by atoms with Gasteiger partial charge in [0.2, 0.25) is 0 Å². The van der Waals surface area contributed by atoms with Gasteiger partial charge in [-0.2, -0.15) is 26.3 Å². The summed E-state index contributed by atoms with van der Waals surface area (Å²) in [5.74, 6) is -1.63. The summed E-state index contributed by atoms with van der Waals surface area (Å²) in [6, 6.07) is 0. The summed E-state index contributed by atoms with van der Waals surface area (Å²) in [5.41, 5.74) is -4.74. The Hall–Kier alpha value is -0.250. The first-order valence-corrected chi connectivity index (χ1v) is 8.57. The van der Waals surface area contributed by atoms with Crippen molar-refractivity contribution in [1.82, 2.24) is 0 Å². The van der Waals surface area contributed by atoms with E-state index in [2.05, 4.69) is 0 Å². The molecule has 2 N–H and O–H groups in total. The van der Waals surface area contributed by atoms with Gasteiger partial charge in [0, 0.05) is 0 Å². The highest BCUT2D eigenvalue weighted by Crippen LogP contribution is 2.56. The van der Waals surface area contributed by atoms with Crippen molar-refractivity contribution in [3.8, 4) is 0 Å². The van der Waals surface area contributed by atoms with Crippen LogP contribution in [0.15, 0.2) is 0 Å². The Morgan fingerprint density at radius 2 is 1.64 bits per heavy atom. The molecule has 0 aromatic rings. The van der Waals surface area contributed by atoms with Crippen molar-refractivity contribution in [3.05, 3.63) is 0 Å². The van der Waals surface area contributed by atoms with Crippen molar-refractivity contribution < 1.29 is 41.3 Å². The van der Waals surface area contributed by atoms with Gasteiger partial charge in [-0.1, -0.05) is 6.92 Å². The number of hydrogen-bond acceptors (Lipinski definition) is 3. The SMILES string of the molecule is CC[C@@H](Cl)C(O)OC1CC2CC(CC(O)(C(F)(F)F)C(F)(F)F)C1C2. The zero-order valence-corrected chi connectivity index (χ0v) is 14.2. The maximum atomic E-state index is 12.9. The van der Waals surface area contributed by atoms with Crippen LogP contribution in [0.25, 0.3) is 0 Å². The molecule has 0 aliphatic heterocycles. The molecule has 0 aromatic heterocycles. The number of aliphatic hydroxyl groups is 2. The largest absolute Gasteiger partial charge is 0.426 e. The van der Waals surface area contributed by atoms with Crippen molar-refractivity contribution in [1.29, 1.82) is 0 Å². The fourth-order valence-corrected chi connectivity index (χ4v) is 4.12. The van der Waals surface area contributed by atoms with Crippen LogP contribution in [0, 0.1) is 17.8 Å². The van der Waals surface area contributed by atoms with Gasteiger partial charge in [-0.15, -0.1) is 11.6 Å². The predicted octanol–water partition coefficient (Wildman–Crippen LogP) is 4.00. The number of fused-ring (bicyclic) bond motifs is 2. The topological polar surface area (TPSA) is 49.7 Å². The van der Waals surface area contributed by atoms with Crippen LogP contribution in [0.1, 0.15) is 39.0 Å². The third-order valence-corrected chi connectivity index (χ3v) is 5.92. The third kappa shape index (κ3) is 4.04. The van der Waals surface area contributed by atoms with E-state index in [1.165, 1.54) is 0 Å². The first-order valence-electron chi connectivity index (χ1n) is 8.13. The molecule has 0 spiro atoms. The van der Waals surface area contributed by atoms with Crippen molar-refractivity contribution in [3.63, 3.8) is 0 Å². The molecule has 10 heteroatoms. The van der Waals surface area contributed by atoms with Gasteiger partial charge in [0.1, 0.15) is 0 Å². The van der Waals surface area contributed by atoms with Crippen molar-refractivity contribution in [2.75, 3.05) is 0 Å². The Bertz CT molecular complexity index is 455. The zero-order valence-electron chi connectivity index (χ0n) is 13.4. The molecule has 0 amide bonds. The normalized spacial score (nSPS) is 32.9. The molecule has 3 nitrogen and oxygen atoms in total. The number of alkyl halides is 7. The van der Waals surface area contributed by atoms with Crippen LogP contribution in [0.4, 0.5) is 26.3 Å². The first-order chi connectivity index (χ1) is 11.3. The molecule has 0 saturated heterocycles. The van der Waals surface area contributed by atoms with Crippen molar-refractivity contribution in [2.45, 2.75) is 74.8 Å². The molecular weight excluding hydrogens is 378 g/mol. The molecule has 0 heterocycles. The number of hydrogen-bond donors (Lipinski definition) is 2. The average molecular weight is 399 g/mol. The summed E-state index contributed by atoms with van der Waals surface area (Å²) in [5, 5.41) is 18.5. The maximum absolute atomic E-state index is 12.9. The molecule has 0 radical (unpaired) electrons. The molecule has 2 bridgehead atoms. The van der Waals surface area contributed by atoms with Gasteiger partial charge in [0.05, 0.1) is 11.5 Å². The minimum atomic E-state index is -5.81. The Morgan fingerprint density at radius 1 is 1.08 bits per heavy atom. The van der Waals surface area contributed by atoms with E-state index < -0.39 is 54.0 Å². The third-order valence-electron chi connectivity index (χ3n) is 5.40. The van der Waals surface area contributed by atoms with Gasteiger partial charge < -0.3 is 14.9 Å². The van der Waals surface area contributed by atoms with Crippen molar-refractivity contribution >= 4 is 11.6 Å². The molecule has 2 aliphatic carbocycles. The van der Waals surface area contributed by atoms with Gasteiger partial charge in [-0.05, 0) is 49.9 Å². The summed E-state index contributed by atoms with van der Waals surface area (Å²) >= 11 is 5.85. The quantitative estimate of drug-likeness (QED) is 0.404. The minimum absolute atomic E-state index is 0.0756. The number of ether oxygens (including phenoxy) is 1. The Balaban J connectivity index is 2.11. The predicted molar refractivity (Wildman–Crippen MR) is 76.8 cm³/mol. The molecule has 2 aliphatic rings. The van der Waals surface area contributed by atoms with E-state index in [1.807, 2.05) is 0 Å². The molecule has 25 heavy (non-hydrogen) atoms. The first kappa shape index (κ1) is 21.1. The van der Waals surface area contributed by atoms with Crippen LogP contribution in [0.5, 0.6) is 0 Å². The monoisotopic (exact) mass is 398 g/mol. The summed E-state index contributed by atoms with van der Waals surface area (Å²) < 4.78 is 82.8. The molecule has 2 saturated carbocycles. The fourth-order valence-electron chi connectivity index (χ4n) is 4.06. The molecule has 148 valence electrons. The minimum Gasteiger partial charge on any atom is -0.374 e. The molecule has 2 rings (SSSR count). The van der Waals surface area contributed by atoms with E-state index in [9.17, 15) is 36.6 Å². The average Bonchev–Trinajstić information content (AvgIpc) is 3.03. The lowest BCUT2D eigenvalue weighted by molar-refractivity contribution is -0.373. The van der Waals surface area contributed by atoms with E-state index in [-0.39, 0.29) is 12.3 Å². The molecule has 0 aromatic carbocycles. The summed E-state index contributed by atoms with van der Waals surface area (Å²) in [6.07, 6.45) is -13.6. The number of halogens is 7. The van der Waals surface area contributed by atoms with Crippen LogP contribution < -0.4 is 0 Å². The van der Waals surface area contributed by atoms with Gasteiger partial charge in [-0.3, -0.25) is 0 Å². The Labute approximate surface area is 146 Å². The van der Waals surface area contributed by atoms with Gasteiger partial charge >= 0.3 is 12.4 Å². The molecular formula is C15H21ClF6O3. The number of rotatable bonds is 6. The van der Waals surface area contributed by atoms with E-state index in [0.29, 0.717) is 19.3 Å². The standard InChI is InChI=1S/C15H21ClF6O3/c1-2-10(16)12(23)25-11-5-7-3-8(9(11)4-7)6-13(24,14(17,18)19)15(20,21)22/h7-12,23-24H,2-6H2,1H3/t7?,8?,9?,10-,11?,12?/m1/s1. The van der Waals surface area contributed by atoms with Gasteiger partial charge in [0.25, 0.3) is 5.60 Å². The highest BCUT2D eigenvalue weighted by atomic mass is 35.5. The highest BCUT2D eigenvalue weighted by Gasteiger charge is 2.71. The van der Waals surface area contributed by atoms with Gasteiger partial charge in [-0.25, -0.2) is 0 Å². The van der Waals surface area contributed by atoms with Crippen LogP contribution in [0.3, 0.4) is 0 Å². The van der Waals surface area contributed by atoms with Crippen LogP contribution in [-0.4, -0.2) is 45.9 Å². The molecule has 6 atom stereocenters. The smallest absolute Gasteiger partial charge is 0.374 e. The lowest BCUT2D eigenvalue weighted by Gasteiger charge is -2.38. The Morgan fingerprint density at radius 3 is 2.08 bits per heavy atom. The van der Waals surface area contributed by atoms with E-state index >= 15 is 0 Å². The highest BCUT2D eigenvalue weighted by molar-refractivity contribution is 6.20. The second kappa shape index (κ2) is 7.05. The lowest BCUT2D eigenvalue weighted by Crippen LogP contribution is -2.58. The van der Waals surface area contributed by atoms with E-state index in [0.717, 1.165) is 0 Å². The van der Waals surface area contributed by atoms with Crippen LogP contribution in [0.2, 0.25) is 0 Å². The summed E-state index contributed by atoms with van der Waals surface area (Å²) in [6.45, 7) is 1.71. The van der Waals surface area contributed by atoms with E-state index in [1.54, 1.807) is 6.92 Å². The summed E-state index contributed by atoms with van der Waals surface area (Å²) in [7, 11) is 0. The van der Waals surface area contributed by atoms with Crippen LogP contribution in [-0.2, 0) is 4.74 Å². The molecule has 5 unspecified atom stereocenters. The van der Waals surface area contributed by atoms with Crippen molar-refractivity contribution in [2.24, 2.45) is 17.8 Å².